The highest BCUT2D eigenvalue weighted by Gasteiger charge is 2.42. The summed E-state index contributed by atoms with van der Waals surface area (Å²) in [7, 11) is 4.01. The molecule has 1 aliphatic rings. The van der Waals surface area contributed by atoms with Gasteiger partial charge < -0.3 is 16.0 Å². The van der Waals surface area contributed by atoms with Crippen molar-refractivity contribution in [3.8, 4) is 0 Å². The van der Waals surface area contributed by atoms with Gasteiger partial charge in [0.25, 0.3) is 0 Å². The minimum absolute atomic E-state index is 0.0713. The lowest BCUT2D eigenvalue weighted by Crippen LogP contribution is -2.47. The van der Waals surface area contributed by atoms with E-state index >= 15 is 0 Å². The molecule has 1 amide bonds. The molecular formula is C15H23N3O. The topological polar surface area (TPSA) is 58.4 Å². The largest absolute Gasteiger partial charge is 0.378 e. The molecule has 0 unspecified atom stereocenters. The summed E-state index contributed by atoms with van der Waals surface area (Å²) in [6.07, 6.45) is 2.91. The molecule has 0 radical (unpaired) electrons. The molecule has 2 rings (SSSR count). The number of anilines is 2. The van der Waals surface area contributed by atoms with Crippen LogP contribution >= 0.6 is 0 Å². The van der Waals surface area contributed by atoms with Crippen molar-refractivity contribution in [1.82, 2.24) is 0 Å². The predicted molar refractivity (Wildman–Crippen MR) is 79.5 cm³/mol. The van der Waals surface area contributed by atoms with Gasteiger partial charge in [0.2, 0.25) is 5.91 Å². The van der Waals surface area contributed by atoms with E-state index in [-0.39, 0.29) is 11.3 Å². The van der Waals surface area contributed by atoms with E-state index in [0.717, 1.165) is 36.2 Å². The van der Waals surface area contributed by atoms with Crippen molar-refractivity contribution in [2.45, 2.75) is 26.2 Å². The molecule has 1 fully saturated rings. The number of hydrogen-bond acceptors (Lipinski definition) is 3. The van der Waals surface area contributed by atoms with Gasteiger partial charge in [0.05, 0.1) is 5.41 Å². The smallest absolute Gasteiger partial charge is 0.231 e. The van der Waals surface area contributed by atoms with Gasteiger partial charge in [0.1, 0.15) is 0 Å². The standard InChI is InChI=1S/C15H23N3O/c1-11-9-12(18(2)3)5-6-13(11)17-14(19)15(10-16)7-4-8-15/h5-6,9H,4,7-8,10,16H2,1-3H3,(H,17,19). The number of rotatable bonds is 4. The Labute approximate surface area is 115 Å². The first-order valence-electron chi connectivity index (χ1n) is 6.78. The molecule has 0 spiro atoms. The first-order chi connectivity index (χ1) is 8.98. The zero-order valence-electron chi connectivity index (χ0n) is 12.0. The van der Waals surface area contributed by atoms with E-state index in [1.54, 1.807) is 0 Å². The maximum absolute atomic E-state index is 12.3. The van der Waals surface area contributed by atoms with E-state index in [1.807, 2.05) is 38.1 Å². The number of carbonyl (C=O) groups is 1. The second kappa shape index (κ2) is 5.21. The number of carbonyl (C=O) groups excluding carboxylic acids is 1. The van der Waals surface area contributed by atoms with Crippen molar-refractivity contribution < 1.29 is 4.79 Å². The molecule has 4 nitrogen and oxygen atoms in total. The van der Waals surface area contributed by atoms with Crippen molar-refractivity contribution in [1.29, 1.82) is 0 Å². The summed E-state index contributed by atoms with van der Waals surface area (Å²) in [4.78, 5) is 14.4. The molecule has 1 aliphatic carbocycles. The monoisotopic (exact) mass is 261 g/mol. The van der Waals surface area contributed by atoms with Crippen molar-refractivity contribution >= 4 is 17.3 Å². The Kier molecular flexibility index (Phi) is 3.80. The number of aryl methyl sites for hydroxylation is 1. The molecule has 1 aromatic carbocycles. The van der Waals surface area contributed by atoms with Crippen LogP contribution in [-0.2, 0) is 4.79 Å². The predicted octanol–water partition coefficient (Wildman–Crippen LogP) is 2.13. The van der Waals surface area contributed by atoms with Crippen LogP contribution in [0.3, 0.4) is 0 Å². The fourth-order valence-electron chi connectivity index (χ4n) is 2.45. The van der Waals surface area contributed by atoms with Crippen LogP contribution in [-0.4, -0.2) is 26.5 Å². The lowest BCUT2D eigenvalue weighted by molar-refractivity contribution is -0.129. The van der Waals surface area contributed by atoms with E-state index in [9.17, 15) is 4.79 Å². The van der Waals surface area contributed by atoms with Gasteiger partial charge in [-0.1, -0.05) is 6.42 Å². The first kappa shape index (κ1) is 13.9. The zero-order valence-corrected chi connectivity index (χ0v) is 12.0. The van der Waals surface area contributed by atoms with Crippen molar-refractivity contribution in [2.75, 3.05) is 30.9 Å². The van der Waals surface area contributed by atoms with Gasteiger partial charge in [-0.3, -0.25) is 4.79 Å². The van der Waals surface area contributed by atoms with Crippen molar-refractivity contribution in [3.63, 3.8) is 0 Å². The molecule has 0 saturated heterocycles. The highest BCUT2D eigenvalue weighted by molar-refractivity contribution is 5.96. The third-order valence-electron chi connectivity index (χ3n) is 4.16. The Bertz CT molecular complexity index is 473. The summed E-state index contributed by atoms with van der Waals surface area (Å²) in [5, 5.41) is 3.03. The summed E-state index contributed by atoms with van der Waals surface area (Å²) in [5.41, 5.74) is 8.52. The Morgan fingerprint density at radius 3 is 2.53 bits per heavy atom. The summed E-state index contributed by atoms with van der Waals surface area (Å²) >= 11 is 0. The highest BCUT2D eigenvalue weighted by atomic mass is 16.2. The number of hydrogen-bond donors (Lipinski definition) is 2. The van der Waals surface area contributed by atoms with E-state index in [0.29, 0.717) is 6.54 Å². The molecule has 0 bridgehead atoms. The molecule has 4 heteroatoms. The first-order valence-corrected chi connectivity index (χ1v) is 6.78. The van der Waals surface area contributed by atoms with Gasteiger partial charge in [0.15, 0.2) is 0 Å². The number of nitrogens with two attached hydrogens (primary N) is 1. The summed E-state index contributed by atoms with van der Waals surface area (Å²) in [6.45, 7) is 2.45. The number of amides is 1. The summed E-state index contributed by atoms with van der Waals surface area (Å²) < 4.78 is 0. The minimum Gasteiger partial charge on any atom is -0.378 e. The number of nitrogens with one attached hydrogen (secondary N) is 1. The van der Waals surface area contributed by atoms with Crippen molar-refractivity contribution in [3.05, 3.63) is 23.8 Å². The Balaban J connectivity index is 2.13. The van der Waals surface area contributed by atoms with E-state index in [2.05, 4.69) is 11.4 Å². The fraction of sp³-hybridized carbons (Fsp3) is 0.533. The second-order valence-electron chi connectivity index (χ2n) is 5.69. The van der Waals surface area contributed by atoms with Gasteiger partial charge in [0, 0.05) is 32.0 Å². The Morgan fingerprint density at radius 1 is 1.42 bits per heavy atom. The second-order valence-corrected chi connectivity index (χ2v) is 5.69. The van der Waals surface area contributed by atoms with Gasteiger partial charge >= 0.3 is 0 Å². The van der Waals surface area contributed by atoms with E-state index in [4.69, 9.17) is 5.73 Å². The van der Waals surface area contributed by atoms with Crippen LogP contribution in [0.25, 0.3) is 0 Å². The van der Waals surface area contributed by atoms with Crippen LogP contribution in [0, 0.1) is 12.3 Å². The zero-order chi connectivity index (χ0) is 14.0. The average Bonchev–Trinajstić information content (AvgIpc) is 2.30. The Morgan fingerprint density at radius 2 is 2.11 bits per heavy atom. The normalized spacial score (nSPS) is 16.6. The van der Waals surface area contributed by atoms with Crippen LogP contribution in [0.4, 0.5) is 11.4 Å². The van der Waals surface area contributed by atoms with Crippen LogP contribution in [0.2, 0.25) is 0 Å². The third kappa shape index (κ3) is 2.59. The molecule has 1 saturated carbocycles. The molecule has 104 valence electrons. The van der Waals surface area contributed by atoms with Crippen molar-refractivity contribution in [2.24, 2.45) is 11.1 Å². The lowest BCUT2D eigenvalue weighted by Gasteiger charge is -2.39. The molecule has 0 heterocycles. The lowest BCUT2D eigenvalue weighted by atomic mass is 9.68. The maximum Gasteiger partial charge on any atom is 0.231 e. The van der Waals surface area contributed by atoms with Gasteiger partial charge in [-0.05, 0) is 43.5 Å². The quantitative estimate of drug-likeness (QED) is 0.873. The van der Waals surface area contributed by atoms with Gasteiger partial charge in [-0.15, -0.1) is 0 Å². The molecule has 19 heavy (non-hydrogen) atoms. The van der Waals surface area contributed by atoms with Crippen LogP contribution < -0.4 is 16.0 Å². The molecule has 0 aromatic heterocycles. The minimum atomic E-state index is -0.327. The van der Waals surface area contributed by atoms with E-state index in [1.165, 1.54) is 0 Å². The average molecular weight is 261 g/mol. The summed E-state index contributed by atoms with van der Waals surface area (Å²) in [5.74, 6) is 0.0713. The molecule has 3 N–H and O–H groups in total. The maximum atomic E-state index is 12.3. The molecule has 0 aliphatic heterocycles. The van der Waals surface area contributed by atoms with E-state index < -0.39 is 0 Å². The molecular weight excluding hydrogens is 238 g/mol. The molecule has 1 aromatic rings. The highest BCUT2D eigenvalue weighted by Crippen LogP contribution is 2.41. The number of nitrogens with zero attached hydrogens (tertiary/aromatic N) is 1. The Hall–Kier alpha value is -1.55. The van der Waals surface area contributed by atoms with Gasteiger partial charge in [-0.2, -0.15) is 0 Å². The fourth-order valence-corrected chi connectivity index (χ4v) is 2.45. The third-order valence-corrected chi connectivity index (χ3v) is 4.16. The van der Waals surface area contributed by atoms with Crippen LogP contribution in [0.5, 0.6) is 0 Å². The number of benzene rings is 1. The van der Waals surface area contributed by atoms with Crippen LogP contribution in [0.1, 0.15) is 24.8 Å². The van der Waals surface area contributed by atoms with Gasteiger partial charge in [-0.25, -0.2) is 0 Å². The summed E-state index contributed by atoms with van der Waals surface area (Å²) in [6, 6.07) is 6.05. The SMILES string of the molecule is Cc1cc(N(C)C)ccc1NC(=O)C1(CN)CCC1. The molecule has 0 atom stereocenters. The van der Waals surface area contributed by atoms with Crippen LogP contribution in [0.15, 0.2) is 18.2 Å².